The van der Waals surface area contributed by atoms with E-state index in [1.165, 1.54) is 36.5 Å². The van der Waals surface area contributed by atoms with Gasteiger partial charge in [0.05, 0.1) is 4.90 Å². The number of rotatable bonds is 7. The summed E-state index contributed by atoms with van der Waals surface area (Å²) in [5.74, 6) is -2.09. The molecule has 0 fully saturated rings. The van der Waals surface area contributed by atoms with Crippen molar-refractivity contribution in [3.05, 3.63) is 85.7 Å². The molecule has 0 spiro atoms. The van der Waals surface area contributed by atoms with Gasteiger partial charge in [0.2, 0.25) is 0 Å². The van der Waals surface area contributed by atoms with Crippen LogP contribution < -0.4 is 5.32 Å². The predicted molar refractivity (Wildman–Crippen MR) is 125 cm³/mol. The summed E-state index contributed by atoms with van der Waals surface area (Å²) in [5.41, 5.74) is 0.467. The van der Waals surface area contributed by atoms with E-state index in [2.05, 4.69) is 27.9 Å². The Balaban J connectivity index is 1.88. The first-order chi connectivity index (χ1) is 14.6. The molecule has 7 nitrogen and oxygen atoms in total. The average molecular weight is 593 g/mol. The smallest absolute Gasteiger partial charge is 0.326 e. The SMILES string of the molecule is O=C(N[C@@H](Cc1ccc(I)cc1)C(=O)O)c1cccn1S(=O)(=O)c1cc(Cl)cc(Cl)c1. The molecule has 0 unspecified atom stereocenters. The number of carbonyl (C=O) groups is 2. The van der Waals surface area contributed by atoms with Crippen molar-refractivity contribution in [1.29, 1.82) is 0 Å². The van der Waals surface area contributed by atoms with Crippen LogP contribution >= 0.6 is 45.8 Å². The molecular weight excluding hydrogens is 578 g/mol. The number of benzene rings is 2. The van der Waals surface area contributed by atoms with Gasteiger partial charge in [-0.3, -0.25) is 4.79 Å². The number of nitrogens with one attached hydrogen (secondary N) is 1. The summed E-state index contributed by atoms with van der Waals surface area (Å²) in [6, 6.07) is 12.4. The normalized spacial score (nSPS) is 12.4. The molecule has 3 rings (SSSR count). The second-order valence-electron chi connectivity index (χ2n) is 6.49. The summed E-state index contributed by atoms with van der Waals surface area (Å²) in [6.07, 6.45) is 1.23. The van der Waals surface area contributed by atoms with Gasteiger partial charge in [-0.1, -0.05) is 35.3 Å². The lowest BCUT2D eigenvalue weighted by atomic mass is 10.1. The second-order valence-corrected chi connectivity index (χ2v) is 10.4. The fourth-order valence-corrected chi connectivity index (χ4v) is 5.26. The molecule has 1 heterocycles. The van der Waals surface area contributed by atoms with Gasteiger partial charge in [0, 0.05) is 26.2 Å². The van der Waals surface area contributed by atoms with Crippen LogP contribution in [-0.2, 0) is 21.2 Å². The maximum atomic E-state index is 13.0. The Labute approximate surface area is 202 Å². The highest BCUT2D eigenvalue weighted by molar-refractivity contribution is 14.1. The summed E-state index contributed by atoms with van der Waals surface area (Å²) in [7, 11) is -4.20. The number of carboxylic acids is 1. The molecule has 0 aliphatic carbocycles. The molecule has 11 heteroatoms. The van der Waals surface area contributed by atoms with Crippen molar-refractivity contribution < 1.29 is 23.1 Å². The van der Waals surface area contributed by atoms with Crippen molar-refractivity contribution in [1.82, 2.24) is 9.29 Å². The van der Waals surface area contributed by atoms with Crippen molar-refractivity contribution in [3.8, 4) is 0 Å². The topological polar surface area (TPSA) is 105 Å². The van der Waals surface area contributed by atoms with Crippen LogP contribution in [0.2, 0.25) is 10.0 Å². The van der Waals surface area contributed by atoms with Crippen LogP contribution in [-0.4, -0.2) is 35.4 Å². The lowest BCUT2D eigenvalue weighted by Crippen LogP contribution is -2.43. The summed E-state index contributed by atoms with van der Waals surface area (Å²) < 4.78 is 27.8. The molecule has 0 aliphatic rings. The van der Waals surface area contributed by atoms with Gasteiger partial charge < -0.3 is 10.4 Å². The number of aromatic nitrogens is 1. The van der Waals surface area contributed by atoms with Gasteiger partial charge in [0.1, 0.15) is 11.7 Å². The highest BCUT2D eigenvalue weighted by atomic mass is 127. The maximum Gasteiger partial charge on any atom is 0.326 e. The van der Waals surface area contributed by atoms with E-state index in [0.29, 0.717) is 5.56 Å². The Morgan fingerprint density at radius 2 is 1.68 bits per heavy atom. The number of halogens is 3. The van der Waals surface area contributed by atoms with Crippen molar-refractivity contribution in [2.24, 2.45) is 0 Å². The van der Waals surface area contributed by atoms with E-state index in [9.17, 15) is 23.1 Å². The summed E-state index contributed by atoms with van der Waals surface area (Å²) in [4.78, 5) is 24.3. The lowest BCUT2D eigenvalue weighted by Gasteiger charge is -2.16. The first-order valence-corrected chi connectivity index (χ1v) is 12.0. The zero-order valence-electron chi connectivity index (χ0n) is 15.6. The average Bonchev–Trinajstić information content (AvgIpc) is 3.19. The zero-order valence-corrected chi connectivity index (χ0v) is 20.1. The number of aliphatic carboxylic acids is 1. The van der Waals surface area contributed by atoms with Crippen LogP contribution in [0.5, 0.6) is 0 Å². The summed E-state index contributed by atoms with van der Waals surface area (Å²) in [6.45, 7) is 0. The highest BCUT2D eigenvalue weighted by Gasteiger charge is 2.27. The van der Waals surface area contributed by atoms with Gasteiger partial charge in [0.15, 0.2) is 0 Å². The molecule has 1 amide bonds. The summed E-state index contributed by atoms with van der Waals surface area (Å²) >= 11 is 13.9. The Hall–Kier alpha value is -2.08. The number of hydrogen-bond donors (Lipinski definition) is 2. The minimum absolute atomic E-state index is 0.0371. The van der Waals surface area contributed by atoms with Crippen molar-refractivity contribution in [3.63, 3.8) is 0 Å². The van der Waals surface area contributed by atoms with E-state index < -0.39 is 27.9 Å². The van der Waals surface area contributed by atoms with E-state index in [1.54, 1.807) is 12.1 Å². The first-order valence-electron chi connectivity index (χ1n) is 8.75. The van der Waals surface area contributed by atoms with E-state index >= 15 is 0 Å². The molecular formula is C20H15Cl2IN2O5S. The van der Waals surface area contributed by atoms with Gasteiger partial charge in [-0.05, 0) is 70.6 Å². The Kier molecular flexibility index (Phi) is 7.30. The standard InChI is InChI=1S/C20H15Cl2IN2O5S/c21-13-9-14(22)11-16(10-13)31(29,30)25-7-1-2-18(25)19(26)24-17(20(27)28)8-12-3-5-15(23)6-4-12/h1-7,9-11,17H,8H2,(H,24,26)(H,27,28)/t17-/m0/s1. The van der Waals surface area contributed by atoms with E-state index in [-0.39, 0.29) is 27.1 Å². The van der Waals surface area contributed by atoms with Crippen LogP contribution in [0.25, 0.3) is 0 Å². The molecule has 2 aromatic carbocycles. The third-order valence-electron chi connectivity index (χ3n) is 4.30. The van der Waals surface area contributed by atoms with Gasteiger partial charge in [-0.25, -0.2) is 17.2 Å². The molecule has 1 atom stereocenters. The minimum Gasteiger partial charge on any atom is -0.480 e. The van der Waals surface area contributed by atoms with E-state index in [4.69, 9.17) is 23.2 Å². The highest BCUT2D eigenvalue weighted by Crippen LogP contribution is 2.25. The van der Waals surface area contributed by atoms with E-state index in [0.717, 1.165) is 7.54 Å². The molecule has 0 aliphatic heterocycles. The third kappa shape index (κ3) is 5.59. The number of amides is 1. The van der Waals surface area contributed by atoms with E-state index in [1.807, 2.05) is 12.1 Å². The van der Waals surface area contributed by atoms with Gasteiger partial charge >= 0.3 is 5.97 Å². The number of carbonyl (C=O) groups excluding carboxylic acids is 1. The van der Waals surface area contributed by atoms with Crippen molar-refractivity contribution >= 4 is 67.7 Å². The van der Waals surface area contributed by atoms with Crippen LogP contribution in [0.1, 0.15) is 16.1 Å². The molecule has 162 valence electrons. The van der Waals surface area contributed by atoms with Gasteiger partial charge in [0.25, 0.3) is 15.9 Å². The Morgan fingerprint density at radius 1 is 1.06 bits per heavy atom. The Morgan fingerprint density at radius 3 is 2.26 bits per heavy atom. The quantitative estimate of drug-likeness (QED) is 0.403. The second kappa shape index (κ2) is 9.60. The predicted octanol–water partition coefficient (Wildman–Crippen LogP) is 4.06. The van der Waals surface area contributed by atoms with Crippen LogP contribution in [0.4, 0.5) is 0 Å². The molecule has 0 saturated carbocycles. The van der Waals surface area contributed by atoms with Gasteiger partial charge in [-0.15, -0.1) is 0 Å². The van der Waals surface area contributed by atoms with Crippen molar-refractivity contribution in [2.45, 2.75) is 17.4 Å². The fraction of sp³-hybridized carbons (Fsp3) is 0.100. The molecule has 1 aromatic heterocycles. The summed E-state index contributed by atoms with van der Waals surface area (Å²) in [5, 5.41) is 12.2. The molecule has 0 bridgehead atoms. The third-order valence-corrected chi connectivity index (χ3v) is 7.12. The van der Waals surface area contributed by atoms with Gasteiger partial charge in [-0.2, -0.15) is 0 Å². The van der Waals surface area contributed by atoms with Crippen LogP contribution in [0, 0.1) is 3.57 Å². The molecule has 2 N–H and O–H groups in total. The first kappa shape index (κ1) is 23.6. The number of carboxylic acid groups (broad SMARTS) is 1. The molecule has 0 saturated heterocycles. The lowest BCUT2D eigenvalue weighted by molar-refractivity contribution is -0.139. The van der Waals surface area contributed by atoms with Crippen molar-refractivity contribution in [2.75, 3.05) is 0 Å². The monoisotopic (exact) mass is 592 g/mol. The largest absolute Gasteiger partial charge is 0.480 e. The van der Waals surface area contributed by atoms with Crippen LogP contribution in [0.3, 0.4) is 0 Å². The maximum absolute atomic E-state index is 13.0. The van der Waals surface area contributed by atoms with Crippen LogP contribution in [0.15, 0.2) is 65.7 Å². The molecule has 31 heavy (non-hydrogen) atoms. The number of nitrogens with zero attached hydrogens (tertiary/aromatic N) is 1. The number of hydrogen-bond acceptors (Lipinski definition) is 4. The minimum atomic E-state index is -4.20. The molecule has 3 aromatic rings. The Bertz CT molecular complexity index is 1220. The zero-order chi connectivity index (χ0) is 22.8. The fourth-order valence-electron chi connectivity index (χ4n) is 2.83. The molecule has 0 radical (unpaired) electrons.